The summed E-state index contributed by atoms with van der Waals surface area (Å²) < 4.78 is 13.8. The first-order valence-corrected chi connectivity index (χ1v) is 7.62. The van der Waals surface area contributed by atoms with Crippen LogP contribution in [0, 0.1) is 5.82 Å². The largest absolute Gasteiger partial charge is 0.391 e. The van der Waals surface area contributed by atoms with Crippen LogP contribution in [0.5, 0.6) is 0 Å². The zero-order chi connectivity index (χ0) is 14.8. The molecule has 2 fully saturated rings. The van der Waals surface area contributed by atoms with Crippen molar-refractivity contribution >= 4 is 6.03 Å². The molecule has 2 N–H and O–H groups in total. The number of carbonyl (C=O) groups excluding carboxylic acids is 1. The highest BCUT2D eigenvalue weighted by atomic mass is 19.1. The van der Waals surface area contributed by atoms with Crippen LogP contribution in [0.3, 0.4) is 0 Å². The first kappa shape index (κ1) is 14.3. The molecule has 0 bridgehead atoms. The molecule has 114 valence electrons. The number of hydrogen-bond donors (Lipinski definition) is 2. The fourth-order valence-corrected chi connectivity index (χ4v) is 2.82. The average Bonchev–Trinajstić information content (AvgIpc) is 3.31. The molecule has 1 aliphatic heterocycles. The maximum absolute atomic E-state index is 13.8. The van der Waals surface area contributed by atoms with E-state index in [-0.39, 0.29) is 18.4 Å². The van der Waals surface area contributed by atoms with Gasteiger partial charge in [-0.25, -0.2) is 9.18 Å². The molecule has 1 heterocycles. The Morgan fingerprint density at radius 1 is 1.38 bits per heavy atom. The number of halogens is 1. The number of likely N-dealkylation sites (tertiary alicyclic amines) is 1. The molecule has 2 amide bonds. The van der Waals surface area contributed by atoms with Gasteiger partial charge >= 0.3 is 6.03 Å². The van der Waals surface area contributed by atoms with Gasteiger partial charge < -0.3 is 15.3 Å². The summed E-state index contributed by atoms with van der Waals surface area (Å²) in [4.78, 5) is 13.6. The van der Waals surface area contributed by atoms with Crippen LogP contribution in [0.1, 0.15) is 42.7 Å². The molecule has 0 unspecified atom stereocenters. The number of nitrogens with one attached hydrogen (secondary N) is 1. The van der Waals surface area contributed by atoms with Crippen molar-refractivity contribution in [1.82, 2.24) is 10.2 Å². The van der Waals surface area contributed by atoms with Crippen molar-refractivity contribution < 1.29 is 14.3 Å². The van der Waals surface area contributed by atoms with E-state index in [9.17, 15) is 14.3 Å². The minimum Gasteiger partial charge on any atom is -0.391 e. The van der Waals surface area contributed by atoms with Gasteiger partial charge in [0.1, 0.15) is 5.82 Å². The second-order valence-corrected chi connectivity index (χ2v) is 6.03. The Labute approximate surface area is 124 Å². The third-order valence-electron chi connectivity index (χ3n) is 4.23. The van der Waals surface area contributed by atoms with E-state index in [1.165, 1.54) is 18.9 Å². The van der Waals surface area contributed by atoms with Crippen LogP contribution in [0.4, 0.5) is 9.18 Å². The van der Waals surface area contributed by atoms with Crippen molar-refractivity contribution in [2.75, 3.05) is 13.1 Å². The van der Waals surface area contributed by atoms with Crippen LogP contribution in [0.25, 0.3) is 0 Å². The molecule has 1 saturated heterocycles. The number of aliphatic hydroxyl groups excluding tert-OH is 1. The van der Waals surface area contributed by atoms with Gasteiger partial charge in [-0.15, -0.1) is 0 Å². The van der Waals surface area contributed by atoms with Crippen molar-refractivity contribution in [2.45, 2.75) is 44.2 Å². The average molecular weight is 292 g/mol. The molecule has 4 nitrogen and oxygen atoms in total. The summed E-state index contributed by atoms with van der Waals surface area (Å²) >= 11 is 0. The molecule has 0 spiro atoms. The van der Waals surface area contributed by atoms with E-state index in [1.807, 2.05) is 12.1 Å². The lowest BCUT2D eigenvalue weighted by Gasteiger charge is -2.30. The SMILES string of the molecule is O=C(NCc1cc(C2CC2)ccc1F)N1CCC[C@H](O)C1. The number of urea groups is 1. The highest BCUT2D eigenvalue weighted by Gasteiger charge is 2.25. The van der Waals surface area contributed by atoms with E-state index in [4.69, 9.17) is 0 Å². The van der Waals surface area contributed by atoms with E-state index >= 15 is 0 Å². The van der Waals surface area contributed by atoms with Gasteiger partial charge in [-0.2, -0.15) is 0 Å². The van der Waals surface area contributed by atoms with Crippen LogP contribution in [0.15, 0.2) is 18.2 Å². The monoisotopic (exact) mass is 292 g/mol. The van der Waals surface area contributed by atoms with Crippen LogP contribution >= 0.6 is 0 Å². The Bertz CT molecular complexity index is 531. The smallest absolute Gasteiger partial charge is 0.317 e. The second-order valence-electron chi connectivity index (χ2n) is 6.03. The van der Waals surface area contributed by atoms with Gasteiger partial charge in [0.05, 0.1) is 6.10 Å². The van der Waals surface area contributed by atoms with Crippen molar-refractivity contribution in [2.24, 2.45) is 0 Å². The Morgan fingerprint density at radius 3 is 2.90 bits per heavy atom. The summed E-state index contributed by atoms with van der Waals surface area (Å²) in [6.45, 7) is 1.20. The standard InChI is InChI=1S/C16H21FN2O2/c17-15-6-5-12(11-3-4-11)8-13(15)9-18-16(21)19-7-1-2-14(20)10-19/h5-6,8,11,14,20H,1-4,7,9-10H2,(H,18,21)/t14-/m0/s1. The Kier molecular flexibility index (Phi) is 4.10. The van der Waals surface area contributed by atoms with E-state index in [0.717, 1.165) is 18.4 Å². The van der Waals surface area contributed by atoms with E-state index in [1.54, 1.807) is 4.90 Å². The summed E-state index contributed by atoms with van der Waals surface area (Å²) in [6.07, 6.45) is 3.44. The normalized spacial score (nSPS) is 22.2. The number of hydrogen-bond acceptors (Lipinski definition) is 2. The summed E-state index contributed by atoms with van der Waals surface area (Å²) in [5, 5.41) is 12.3. The Hall–Kier alpha value is -1.62. The molecule has 1 aromatic carbocycles. The summed E-state index contributed by atoms with van der Waals surface area (Å²) in [5.41, 5.74) is 1.69. The van der Waals surface area contributed by atoms with Crippen LogP contribution < -0.4 is 5.32 Å². The number of nitrogens with zero attached hydrogens (tertiary/aromatic N) is 1. The van der Waals surface area contributed by atoms with Crippen LogP contribution in [0.2, 0.25) is 0 Å². The van der Waals surface area contributed by atoms with Gasteiger partial charge in [0.15, 0.2) is 0 Å². The molecule has 2 aliphatic rings. The number of amides is 2. The predicted molar refractivity (Wildman–Crippen MR) is 77.4 cm³/mol. The molecular formula is C16H21FN2O2. The molecule has 1 aromatic rings. The molecule has 21 heavy (non-hydrogen) atoms. The number of aliphatic hydroxyl groups is 1. The third-order valence-corrected chi connectivity index (χ3v) is 4.23. The van der Waals surface area contributed by atoms with Gasteiger partial charge in [-0.3, -0.25) is 0 Å². The Morgan fingerprint density at radius 2 is 2.19 bits per heavy atom. The van der Waals surface area contributed by atoms with Crippen molar-refractivity contribution in [3.05, 3.63) is 35.1 Å². The minimum atomic E-state index is -0.445. The van der Waals surface area contributed by atoms with Crippen molar-refractivity contribution in [1.29, 1.82) is 0 Å². The number of rotatable bonds is 3. The van der Waals surface area contributed by atoms with Crippen LogP contribution in [-0.4, -0.2) is 35.2 Å². The Balaban J connectivity index is 1.59. The lowest BCUT2D eigenvalue weighted by Crippen LogP contribution is -2.46. The van der Waals surface area contributed by atoms with E-state index < -0.39 is 6.10 Å². The maximum Gasteiger partial charge on any atom is 0.317 e. The number of benzene rings is 1. The predicted octanol–water partition coefficient (Wildman–Crippen LogP) is 2.37. The first-order valence-electron chi connectivity index (χ1n) is 7.62. The van der Waals surface area contributed by atoms with Gasteiger partial charge in [-0.1, -0.05) is 12.1 Å². The summed E-state index contributed by atoms with van der Waals surface area (Å²) in [6, 6.07) is 4.95. The molecular weight excluding hydrogens is 271 g/mol. The highest BCUT2D eigenvalue weighted by molar-refractivity contribution is 5.74. The molecule has 1 aliphatic carbocycles. The number of carbonyl (C=O) groups is 1. The zero-order valence-corrected chi connectivity index (χ0v) is 12.0. The van der Waals surface area contributed by atoms with Crippen molar-refractivity contribution in [3.8, 4) is 0 Å². The van der Waals surface area contributed by atoms with Crippen LogP contribution in [-0.2, 0) is 6.54 Å². The zero-order valence-electron chi connectivity index (χ0n) is 12.0. The lowest BCUT2D eigenvalue weighted by atomic mass is 10.1. The van der Waals surface area contributed by atoms with Gasteiger partial charge in [0, 0.05) is 25.2 Å². The maximum atomic E-state index is 13.8. The molecule has 1 saturated carbocycles. The quantitative estimate of drug-likeness (QED) is 0.898. The topological polar surface area (TPSA) is 52.6 Å². The fraction of sp³-hybridized carbons (Fsp3) is 0.562. The fourth-order valence-electron chi connectivity index (χ4n) is 2.82. The van der Waals surface area contributed by atoms with Gasteiger partial charge in [-0.05, 0) is 43.2 Å². The molecule has 0 radical (unpaired) electrons. The van der Waals surface area contributed by atoms with E-state index in [2.05, 4.69) is 5.32 Å². The summed E-state index contributed by atoms with van der Waals surface area (Å²) in [7, 11) is 0. The van der Waals surface area contributed by atoms with Crippen molar-refractivity contribution in [3.63, 3.8) is 0 Å². The number of β-amino-alcohol motifs (C(OH)–C–C–N with tert-alkyl or cyclic N) is 1. The molecule has 5 heteroatoms. The lowest BCUT2D eigenvalue weighted by molar-refractivity contribution is 0.0841. The second kappa shape index (κ2) is 6.02. The first-order chi connectivity index (χ1) is 10.1. The molecule has 1 atom stereocenters. The highest BCUT2D eigenvalue weighted by Crippen LogP contribution is 2.40. The van der Waals surface area contributed by atoms with Gasteiger partial charge in [0.2, 0.25) is 0 Å². The molecule has 3 rings (SSSR count). The third kappa shape index (κ3) is 3.53. The molecule has 0 aromatic heterocycles. The summed E-state index contributed by atoms with van der Waals surface area (Å²) in [5.74, 6) is 0.288. The number of piperidine rings is 1. The van der Waals surface area contributed by atoms with Gasteiger partial charge in [0.25, 0.3) is 0 Å². The van der Waals surface area contributed by atoms with E-state index in [0.29, 0.717) is 24.6 Å². The minimum absolute atomic E-state index is 0.192.